The molecule has 7 nitrogen and oxygen atoms in total. The Hall–Kier alpha value is -0.990. The van der Waals surface area contributed by atoms with Crippen molar-refractivity contribution >= 4 is 5.97 Å². The van der Waals surface area contributed by atoms with Crippen LogP contribution in [-0.4, -0.2) is 61.7 Å². The summed E-state index contributed by atoms with van der Waals surface area (Å²) in [6.45, 7) is 9.10. The van der Waals surface area contributed by atoms with Crippen LogP contribution < -0.4 is 0 Å². The van der Waals surface area contributed by atoms with Crippen LogP contribution in [0.3, 0.4) is 0 Å². The maximum Gasteiger partial charge on any atom is 0.318 e. The van der Waals surface area contributed by atoms with Crippen molar-refractivity contribution in [1.82, 2.24) is 0 Å². The summed E-state index contributed by atoms with van der Waals surface area (Å²) in [5, 5.41) is 55.8. The fraction of sp³-hybridized carbons (Fsp3) is 0.850. The Bertz CT molecular complexity index is 702. The van der Waals surface area contributed by atoms with Gasteiger partial charge in [0.2, 0.25) is 5.79 Å². The summed E-state index contributed by atoms with van der Waals surface area (Å²) < 4.78 is 5.41. The lowest BCUT2D eigenvalue weighted by molar-refractivity contribution is -0.445. The molecule has 2 saturated heterocycles. The van der Waals surface area contributed by atoms with Crippen LogP contribution in [-0.2, 0) is 9.53 Å². The Balaban J connectivity index is 2.07. The van der Waals surface area contributed by atoms with Gasteiger partial charge in [0.15, 0.2) is 0 Å². The van der Waals surface area contributed by atoms with E-state index >= 15 is 0 Å². The van der Waals surface area contributed by atoms with E-state index in [0.29, 0.717) is 31.3 Å². The van der Waals surface area contributed by atoms with Gasteiger partial charge in [0, 0.05) is 5.92 Å². The summed E-state index contributed by atoms with van der Waals surface area (Å²) in [5.74, 6) is -4.72. The van der Waals surface area contributed by atoms with E-state index < -0.39 is 64.3 Å². The number of esters is 1. The fourth-order valence-electron chi connectivity index (χ4n) is 7.29. The maximum absolute atomic E-state index is 13.2. The molecular weight excluding hydrogens is 352 g/mol. The van der Waals surface area contributed by atoms with E-state index in [9.17, 15) is 30.3 Å². The number of aliphatic hydroxyl groups excluding tert-OH is 4. The minimum Gasteiger partial charge on any atom is -0.429 e. The van der Waals surface area contributed by atoms with Crippen LogP contribution in [0.25, 0.3) is 0 Å². The van der Waals surface area contributed by atoms with Gasteiger partial charge in [-0.3, -0.25) is 4.79 Å². The molecule has 152 valence electrons. The smallest absolute Gasteiger partial charge is 0.318 e. The van der Waals surface area contributed by atoms with Gasteiger partial charge in [0.1, 0.15) is 11.5 Å². The molecule has 2 heterocycles. The quantitative estimate of drug-likeness (QED) is 0.321. The van der Waals surface area contributed by atoms with Gasteiger partial charge < -0.3 is 30.3 Å². The zero-order valence-corrected chi connectivity index (χ0v) is 16.1. The minimum absolute atomic E-state index is 0.340. The van der Waals surface area contributed by atoms with Gasteiger partial charge in [0.05, 0.1) is 23.7 Å². The van der Waals surface area contributed by atoms with Gasteiger partial charge in [-0.15, -0.1) is 0 Å². The van der Waals surface area contributed by atoms with Crippen LogP contribution in [0.1, 0.15) is 46.5 Å². The number of hydrogen-bond donors (Lipinski definition) is 5. The van der Waals surface area contributed by atoms with Crippen molar-refractivity contribution < 1.29 is 35.1 Å². The topological polar surface area (TPSA) is 127 Å². The molecule has 0 radical (unpaired) electrons. The van der Waals surface area contributed by atoms with Crippen LogP contribution in [0.5, 0.6) is 0 Å². The van der Waals surface area contributed by atoms with E-state index in [1.165, 1.54) is 6.92 Å². The third-order valence-electron chi connectivity index (χ3n) is 8.35. The van der Waals surface area contributed by atoms with Crippen LogP contribution in [0.2, 0.25) is 0 Å². The first kappa shape index (κ1) is 19.3. The molecule has 5 N–H and O–H groups in total. The van der Waals surface area contributed by atoms with Crippen molar-refractivity contribution in [2.24, 2.45) is 28.1 Å². The Morgan fingerprint density at radius 3 is 2.44 bits per heavy atom. The second kappa shape index (κ2) is 5.33. The van der Waals surface area contributed by atoms with E-state index in [4.69, 9.17) is 4.74 Å². The number of aliphatic hydroxyl groups is 5. The molecule has 27 heavy (non-hydrogen) atoms. The lowest BCUT2D eigenvalue weighted by atomic mass is 9.34. The maximum atomic E-state index is 13.2. The van der Waals surface area contributed by atoms with Gasteiger partial charge in [-0.2, -0.15) is 0 Å². The first-order valence-electron chi connectivity index (χ1n) is 9.75. The lowest BCUT2D eigenvalue weighted by Gasteiger charge is -2.75. The predicted octanol–water partition coefficient (Wildman–Crippen LogP) is 0.0841. The third-order valence-corrected chi connectivity index (χ3v) is 8.35. The number of carbonyl (C=O) groups is 1. The summed E-state index contributed by atoms with van der Waals surface area (Å²) in [6.07, 6.45) is -3.65. The molecule has 5 fully saturated rings. The molecule has 3 saturated carbocycles. The van der Waals surface area contributed by atoms with Crippen molar-refractivity contribution in [2.45, 2.75) is 76.7 Å². The lowest BCUT2D eigenvalue weighted by Crippen LogP contribution is -2.88. The molecule has 0 aromatic rings. The summed E-state index contributed by atoms with van der Waals surface area (Å²) in [5.41, 5.74) is -3.38. The highest BCUT2D eigenvalue weighted by Crippen LogP contribution is 2.74. The Labute approximate surface area is 158 Å². The Morgan fingerprint density at radius 1 is 1.22 bits per heavy atom. The monoisotopic (exact) mass is 382 g/mol. The van der Waals surface area contributed by atoms with Crippen molar-refractivity contribution in [3.63, 3.8) is 0 Å². The minimum atomic E-state index is -2.47. The molecule has 2 bridgehead atoms. The zero-order chi connectivity index (χ0) is 20.2. The van der Waals surface area contributed by atoms with Crippen molar-refractivity contribution in [3.05, 3.63) is 12.2 Å². The van der Waals surface area contributed by atoms with Gasteiger partial charge in [-0.25, -0.2) is 0 Å². The second-order valence-corrected chi connectivity index (χ2v) is 9.75. The highest BCUT2D eigenvalue weighted by molar-refractivity contribution is 5.82. The SMILES string of the molecule is C=C1CCC2[C@@]34C(=O)O[C@@](O)([C@@H](O)C3C(C)(C)CC[C@@H]4O)[C@]2([C@@H](C)O)[C@@H]1O. The molecule has 7 heteroatoms. The van der Waals surface area contributed by atoms with E-state index in [-0.39, 0.29) is 0 Å². The normalized spacial score (nSPS) is 54.7. The average Bonchev–Trinajstić information content (AvgIpc) is 2.56. The van der Waals surface area contributed by atoms with E-state index in [2.05, 4.69) is 6.58 Å². The van der Waals surface area contributed by atoms with E-state index in [0.717, 1.165) is 0 Å². The third kappa shape index (κ3) is 1.79. The number of fused-ring (bicyclic) bond motifs is 1. The molecule has 0 aromatic carbocycles. The number of ether oxygens (including phenoxy) is 1. The van der Waals surface area contributed by atoms with E-state index in [1.807, 2.05) is 13.8 Å². The molecule has 9 atom stereocenters. The highest BCUT2D eigenvalue weighted by Gasteiger charge is 2.87. The predicted molar refractivity (Wildman–Crippen MR) is 94.0 cm³/mol. The molecule has 3 aliphatic carbocycles. The average molecular weight is 382 g/mol. The van der Waals surface area contributed by atoms with Crippen LogP contribution in [0.15, 0.2) is 12.2 Å². The number of rotatable bonds is 1. The molecular formula is C20H30O7. The molecule has 2 aliphatic heterocycles. The van der Waals surface area contributed by atoms with Crippen LogP contribution >= 0.6 is 0 Å². The molecule has 1 spiro atoms. The van der Waals surface area contributed by atoms with Crippen LogP contribution in [0, 0.1) is 28.1 Å². The number of carbonyl (C=O) groups excluding carboxylic acids is 1. The Kier molecular flexibility index (Phi) is 3.82. The van der Waals surface area contributed by atoms with Gasteiger partial charge in [0.25, 0.3) is 0 Å². The summed E-state index contributed by atoms with van der Waals surface area (Å²) in [7, 11) is 0. The molecule has 2 unspecified atom stereocenters. The second-order valence-electron chi connectivity index (χ2n) is 9.75. The van der Waals surface area contributed by atoms with Crippen LogP contribution in [0.4, 0.5) is 0 Å². The summed E-state index contributed by atoms with van der Waals surface area (Å²) >= 11 is 0. The van der Waals surface area contributed by atoms with Crippen molar-refractivity contribution in [2.75, 3.05) is 0 Å². The number of hydrogen-bond acceptors (Lipinski definition) is 7. The first-order valence-corrected chi connectivity index (χ1v) is 9.75. The van der Waals surface area contributed by atoms with E-state index in [1.54, 1.807) is 0 Å². The fourth-order valence-corrected chi connectivity index (χ4v) is 7.29. The van der Waals surface area contributed by atoms with Gasteiger partial charge in [-0.05, 0) is 49.5 Å². The molecule has 0 amide bonds. The summed E-state index contributed by atoms with van der Waals surface area (Å²) in [6, 6.07) is 0. The van der Waals surface area contributed by atoms with Crippen molar-refractivity contribution in [1.29, 1.82) is 0 Å². The highest BCUT2D eigenvalue weighted by atomic mass is 16.7. The van der Waals surface area contributed by atoms with Crippen molar-refractivity contribution in [3.8, 4) is 0 Å². The largest absolute Gasteiger partial charge is 0.429 e. The first-order chi connectivity index (χ1) is 12.4. The standard InChI is InChI=1S/C20H30O7/c1-9-5-6-11-18-12(22)7-8-17(3,4)13(18)15(24)20(26,27-16(18)25)19(11,10(2)21)14(9)23/h10-15,21-24,26H,1,5-8H2,2-4H3/t10-,11?,12+,13?,14-,15+,18+,19+,20+/m1/s1. The zero-order valence-electron chi connectivity index (χ0n) is 16.1. The van der Waals surface area contributed by atoms with Gasteiger partial charge >= 0.3 is 5.97 Å². The summed E-state index contributed by atoms with van der Waals surface area (Å²) in [4.78, 5) is 13.2. The molecule has 0 aromatic heterocycles. The molecule has 5 aliphatic rings. The van der Waals surface area contributed by atoms with Gasteiger partial charge in [-0.1, -0.05) is 20.4 Å². The molecule has 5 rings (SSSR count). The Morgan fingerprint density at radius 2 is 1.85 bits per heavy atom.